The Balaban J connectivity index is 2.74. The molecule has 5 heteroatoms. The molecule has 0 fully saturated rings. The van der Waals surface area contributed by atoms with Crippen molar-refractivity contribution in [2.24, 2.45) is 5.92 Å². The molecular formula is C15H26N2O2S. The average Bonchev–Trinajstić information content (AvgIpc) is 2.38. The van der Waals surface area contributed by atoms with Crippen LogP contribution in [0.5, 0.6) is 0 Å². The van der Waals surface area contributed by atoms with Crippen LogP contribution in [-0.2, 0) is 10.0 Å². The largest absolute Gasteiger partial charge is 0.398 e. The number of sulfonamides is 1. The predicted octanol–water partition coefficient (Wildman–Crippen LogP) is 3.07. The van der Waals surface area contributed by atoms with Crippen LogP contribution in [0, 0.1) is 12.8 Å². The monoisotopic (exact) mass is 298 g/mol. The van der Waals surface area contributed by atoms with E-state index in [1.807, 2.05) is 6.92 Å². The molecule has 0 radical (unpaired) electrons. The van der Waals surface area contributed by atoms with Gasteiger partial charge >= 0.3 is 0 Å². The number of rotatable bonds is 8. The van der Waals surface area contributed by atoms with Crippen molar-refractivity contribution in [1.82, 2.24) is 4.72 Å². The van der Waals surface area contributed by atoms with E-state index in [1.54, 1.807) is 18.2 Å². The Morgan fingerprint density at radius 2 is 2.00 bits per heavy atom. The first kappa shape index (κ1) is 17.0. The highest BCUT2D eigenvalue weighted by molar-refractivity contribution is 7.89. The van der Waals surface area contributed by atoms with E-state index in [1.165, 1.54) is 0 Å². The summed E-state index contributed by atoms with van der Waals surface area (Å²) >= 11 is 0. The number of nitrogens with one attached hydrogen (secondary N) is 1. The molecule has 20 heavy (non-hydrogen) atoms. The maximum atomic E-state index is 12.3. The Kier molecular flexibility index (Phi) is 6.49. The van der Waals surface area contributed by atoms with Crippen molar-refractivity contribution in [2.75, 3.05) is 12.3 Å². The molecule has 0 amide bonds. The lowest BCUT2D eigenvalue weighted by Crippen LogP contribution is -2.29. The van der Waals surface area contributed by atoms with Crippen LogP contribution in [0.3, 0.4) is 0 Å². The molecule has 1 aromatic carbocycles. The third-order valence-corrected chi connectivity index (χ3v) is 5.06. The molecule has 4 nitrogen and oxygen atoms in total. The summed E-state index contributed by atoms with van der Waals surface area (Å²) in [6.45, 7) is 6.60. The molecule has 3 N–H and O–H groups in total. The van der Waals surface area contributed by atoms with Gasteiger partial charge in [0.15, 0.2) is 0 Å². The van der Waals surface area contributed by atoms with Crippen molar-refractivity contribution in [3.63, 3.8) is 0 Å². The first-order chi connectivity index (χ1) is 9.40. The fourth-order valence-electron chi connectivity index (χ4n) is 2.16. The minimum atomic E-state index is -3.51. The zero-order chi connectivity index (χ0) is 15.2. The van der Waals surface area contributed by atoms with Crippen LogP contribution < -0.4 is 10.5 Å². The minimum absolute atomic E-state index is 0.174. The van der Waals surface area contributed by atoms with Crippen LogP contribution in [0.4, 0.5) is 5.69 Å². The first-order valence-electron chi connectivity index (χ1n) is 7.26. The van der Waals surface area contributed by atoms with Gasteiger partial charge in [0.25, 0.3) is 0 Å². The lowest BCUT2D eigenvalue weighted by atomic mass is 10.00. The summed E-state index contributed by atoms with van der Waals surface area (Å²) < 4.78 is 27.2. The normalized spacial score (nSPS) is 13.3. The first-order valence-corrected chi connectivity index (χ1v) is 8.74. The van der Waals surface area contributed by atoms with E-state index < -0.39 is 10.0 Å². The van der Waals surface area contributed by atoms with E-state index in [4.69, 9.17) is 5.73 Å². The standard InChI is InChI=1S/C15H26N2O2S/c1-4-6-7-13(5-2)11-17-20(18,19)15-9-8-12(3)10-14(15)16/h8-10,13,17H,4-7,11,16H2,1-3H3. The Bertz CT molecular complexity index is 527. The molecule has 0 bridgehead atoms. The number of benzene rings is 1. The molecule has 0 aromatic heterocycles. The van der Waals surface area contributed by atoms with E-state index in [0.29, 0.717) is 18.2 Å². The van der Waals surface area contributed by atoms with Gasteiger partial charge < -0.3 is 5.73 Å². The molecule has 0 spiro atoms. The molecule has 114 valence electrons. The van der Waals surface area contributed by atoms with Crippen LogP contribution in [0.25, 0.3) is 0 Å². The van der Waals surface area contributed by atoms with E-state index in [2.05, 4.69) is 18.6 Å². The highest BCUT2D eigenvalue weighted by Crippen LogP contribution is 2.20. The topological polar surface area (TPSA) is 72.2 Å². The fourth-order valence-corrected chi connectivity index (χ4v) is 3.39. The summed E-state index contributed by atoms with van der Waals surface area (Å²) in [5, 5.41) is 0. The Morgan fingerprint density at radius 1 is 1.30 bits per heavy atom. The molecule has 0 aliphatic heterocycles. The summed E-state index contributed by atoms with van der Waals surface area (Å²) in [5.74, 6) is 0.386. The number of hydrogen-bond donors (Lipinski definition) is 2. The lowest BCUT2D eigenvalue weighted by molar-refractivity contribution is 0.444. The Morgan fingerprint density at radius 3 is 2.55 bits per heavy atom. The summed E-state index contributed by atoms with van der Waals surface area (Å²) in [6.07, 6.45) is 4.30. The highest BCUT2D eigenvalue weighted by atomic mass is 32.2. The summed E-state index contributed by atoms with van der Waals surface area (Å²) in [6, 6.07) is 5.02. The second-order valence-corrected chi connectivity index (χ2v) is 7.05. The van der Waals surface area contributed by atoms with E-state index in [0.717, 1.165) is 31.2 Å². The molecule has 1 unspecified atom stereocenters. The van der Waals surface area contributed by atoms with Crippen molar-refractivity contribution in [3.8, 4) is 0 Å². The number of hydrogen-bond acceptors (Lipinski definition) is 3. The third-order valence-electron chi connectivity index (χ3n) is 3.56. The molecule has 0 aliphatic carbocycles. The van der Waals surface area contributed by atoms with Gasteiger partial charge in [-0.3, -0.25) is 0 Å². The second-order valence-electron chi connectivity index (χ2n) is 5.31. The fraction of sp³-hybridized carbons (Fsp3) is 0.600. The summed E-state index contributed by atoms with van der Waals surface area (Å²) in [5.41, 5.74) is 7.07. The number of nitrogens with two attached hydrogens (primary N) is 1. The van der Waals surface area contributed by atoms with E-state index >= 15 is 0 Å². The smallest absolute Gasteiger partial charge is 0.242 e. The van der Waals surface area contributed by atoms with Crippen LogP contribution in [-0.4, -0.2) is 15.0 Å². The van der Waals surface area contributed by atoms with E-state index in [-0.39, 0.29) is 4.90 Å². The average molecular weight is 298 g/mol. The quantitative estimate of drug-likeness (QED) is 0.724. The number of unbranched alkanes of at least 4 members (excludes halogenated alkanes) is 1. The van der Waals surface area contributed by atoms with E-state index in [9.17, 15) is 8.42 Å². The molecule has 1 rings (SSSR count). The van der Waals surface area contributed by atoms with Gasteiger partial charge in [0.1, 0.15) is 4.90 Å². The molecular weight excluding hydrogens is 272 g/mol. The van der Waals surface area contributed by atoms with Gasteiger partial charge in [-0.1, -0.05) is 39.2 Å². The summed E-state index contributed by atoms with van der Waals surface area (Å²) in [7, 11) is -3.51. The second kappa shape index (κ2) is 7.64. The number of nitrogen functional groups attached to an aromatic ring is 1. The maximum Gasteiger partial charge on any atom is 0.242 e. The van der Waals surface area contributed by atoms with Gasteiger partial charge in [-0.05, 0) is 37.0 Å². The third kappa shape index (κ3) is 4.80. The molecule has 0 saturated carbocycles. The van der Waals surface area contributed by atoms with Gasteiger partial charge in [0.05, 0.1) is 5.69 Å². The molecule has 0 aliphatic rings. The maximum absolute atomic E-state index is 12.3. The zero-order valence-corrected chi connectivity index (χ0v) is 13.5. The van der Waals surface area contributed by atoms with Crippen molar-refractivity contribution in [1.29, 1.82) is 0 Å². The van der Waals surface area contributed by atoms with Gasteiger partial charge in [0, 0.05) is 6.54 Å². The van der Waals surface area contributed by atoms with Crippen molar-refractivity contribution >= 4 is 15.7 Å². The number of anilines is 1. The molecule has 1 atom stereocenters. The van der Waals surface area contributed by atoms with Crippen LogP contribution in [0.1, 0.15) is 45.1 Å². The molecule has 0 heterocycles. The number of aryl methyl sites for hydroxylation is 1. The van der Waals surface area contributed by atoms with Gasteiger partial charge in [-0.25, -0.2) is 13.1 Å². The lowest BCUT2D eigenvalue weighted by Gasteiger charge is -2.16. The van der Waals surface area contributed by atoms with Crippen LogP contribution in [0.15, 0.2) is 23.1 Å². The zero-order valence-electron chi connectivity index (χ0n) is 12.6. The Hall–Kier alpha value is -1.07. The minimum Gasteiger partial charge on any atom is -0.398 e. The van der Waals surface area contributed by atoms with Gasteiger partial charge in [-0.15, -0.1) is 0 Å². The Labute approximate surface area is 122 Å². The molecule has 1 aromatic rings. The van der Waals surface area contributed by atoms with Crippen molar-refractivity contribution in [2.45, 2.75) is 51.3 Å². The van der Waals surface area contributed by atoms with Crippen molar-refractivity contribution < 1.29 is 8.42 Å². The SMILES string of the molecule is CCCCC(CC)CNS(=O)(=O)c1ccc(C)cc1N. The van der Waals surface area contributed by atoms with Gasteiger partial charge in [-0.2, -0.15) is 0 Å². The van der Waals surface area contributed by atoms with Crippen molar-refractivity contribution in [3.05, 3.63) is 23.8 Å². The molecule has 0 saturated heterocycles. The predicted molar refractivity (Wildman–Crippen MR) is 84.1 cm³/mol. The van der Waals surface area contributed by atoms with Crippen LogP contribution in [0.2, 0.25) is 0 Å². The van der Waals surface area contributed by atoms with Gasteiger partial charge in [0.2, 0.25) is 10.0 Å². The summed E-state index contributed by atoms with van der Waals surface area (Å²) in [4.78, 5) is 0.174. The highest BCUT2D eigenvalue weighted by Gasteiger charge is 2.18. The van der Waals surface area contributed by atoms with Crippen LogP contribution >= 0.6 is 0 Å².